The summed E-state index contributed by atoms with van der Waals surface area (Å²) in [5.41, 5.74) is 3.61. The largest absolute Gasteiger partial charge is 0.356 e. The lowest BCUT2D eigenvalue weighted by Gasteiger charge is -2.37. The normalized spacial score (nSPS) is 13.6. The Labute approximate surface area is 116 Å². The highest BCUT2D eigenvalue weighted by molar-refractivity contribution is 6.17. The standard InChI is InChI=1S/C15H25ClN2/c1-10-8-11(2)17-14(13(10)9-16)18(7)12(3)15(4,5)6/h8,12H,9H2,1-7H3. The van der Waals surface area contributed by atoms with Crippen molar-refractivity contribution in [2.75, 3.05) is 11.9 Å². The second kappa shape index (κ2) is 5.48. The van der Waals surface area contributed by atoms with Crippen molar-refractivity contribution < 1.29 is 0 Å². The minimum Gasteiger partial charge on any atom is -0.356 e. The van der Waals surface area contributed by atoms with E-state index in [2.05, 4.69) is 57.6 Å². The van der Waals surface area contributed by atoms with Crippen LogP contribution in [0, 0.1) is 19.3 Å². The van der Waals surface area contributed by atoms with Gasteiger partial charge in [-0.15, -0.1) is 11.6 Å². The first kappa shape index (κ1) is 15.3. The second-order valence-electron chi connectivity index (χ2n) is 6.17. The van der Waals surface area contributed by atoms with E-state index >= 15 is 0 Å². The van der Waals surface area contributed by atoms with Crippen molar-refractivity contribution in [1.82, 2.24) is 4.98 Å². The Bertz CT molecular complexity index is 421. The van der Waals surface area contributed by atoms with E-state index in [0.717, 1.165) is 17.1 Å². The average Bonchev–Trinajstić information content (AvgIpc) is 2.24. The Morgan fingerprint density at radius 3 is 2.33 bits per heavy atom. The first-order chi connectivity index (χ1) is 8.18. The molecule has 0 fully saturated rings. The van der Waals surface area contributed by atoms with E-state index in [0.29, 0.717) is 11.9 Å². The molecule has 0 aliphatic carbocycles. The third-order valence-electron chi connectivity index (χ3n) is 3.76. The van der Waals surface area contributed by atoms with Gasteiger partial charge >= 0.3 is 0 Å². The number of hydrogen-bond acceptors (Lipinski definition) is 2. The van der Waals surface area contributed by atoms with Crippen molar-refractivity contribution >= 4 is 17.4 Å². The Hall–Kier alpha value is -0.760. The van der Waals surface area contributed by atoms with Crippen LogP contribution in [0.1, 0.15) is 44.5 Å². The van der Waals surface area contributed by atoms with E-state index in [1.807, 2.05) is 6.92 Å². The molecule has 0 saturated heterocycles. The molecule has 1 unspecified atom stereocenters. The van der Waals surface area contributed by atoms with Crippen LogP contribution in [0.5, 0.6) is 0 Å². The molecule has 2 nitrogen and oxygen atoms in total. The number of aromatic nitrogens is 1. The van der Waals surface area contributed by atoms with Gasteiger partial charge in [-0.3, -0.25) is 0 Å². The monoisotopic (exact) mass is 268 g/mol. The topological polar surface area (TPSA) is 16.1 Å². The highest BCUT2D eigenvalue weighted by Gasteiger charge is 2.26. The summed E-state index contributed by atoms with van der Waals surface area (Å²) in [6, 6.07) is 2.49. The summed E-state index contributed by atoms with van der Waals surface area (Å²) in [6.45, 7) is 13.1. The van der Waals surface area contributed by atoms with Gasteiger partial charge in [0.1, 0.15) is 5.82 Å². The van der Waals surface area contributed by atoms with Gasteiger partial charge in [-0.1, -0.05) is 20.8 Å². The van der Waals surface area contributed by atoms with Crippen LogP contribution < -0.4 is 4.90 Å². The summed E-state index contributed by atoms with van der Waals surface area (Å²) in [4.78, 5) is 6.93. The lowest BCUT2D eigenvalue weighted by molar-refractivity contribution is 0.328. The Balaban J connectivity index is 3.24. The molecule has 0 aromatic carbocycles. The molecule has 0 saturated carbocycles. The molecule has 1 aromatic rings. The number of nitrogens with zero attached hydrogens (tertiary/aromatic N) is 2. The summed E-state index contributed by atoms with van der Waals surface area (Å²) in [5, 5.41) is 0. The van der Waals surface area contributed by atoms with Crippen LogP contribution in [-0.4, -0.2) is 18.1 Å². The minimum absolute atomic E-state index is 0.206. The van der Waals surface area contributed by atoms with Gasteiger partial charge in [-0.2, -0.15) is 0 Å². The highest BCUT2D eigenvalue weighted by Crippen LogP contribution is 2.30. The van der Waals surface area contributed by atoms with E-state index in [-0.39, 0.29) is 5.41 Å². The van der Waals surface area contributed by atoms with Gasteiger partial charge in [0, 0.05) is 24.3 Å². The third-order valence-corrected chi connectivity index (χ3v) is 4.02. The molecule has 0 N–H and O–H groups in total. The maximum Gasteiger partial charge on any atom is 0.133 e. The van der Waals surface area contributed by atoms with Crippen molar-refractivity contribution in [3.63, 3.8) is 0 Å². The predicted molar refractivity (Wildman–Crippen MR) is 80.6 cm³/mol. The molecule has 1 aromatic heterocycles. The zero-order chi connectivity index (χ0) is 14.1. The van der Waals surface area contributed by atoms with Crippen molar-refractivity contribution in [3.05, 3.63) is 22.9 Å². The Kier molecular flexibility index (Phi) is 4.66. The summed E-state index contributed by atoms with van der Waals surface area (Å²) in [6.07, 6.45) is 0. The summed E-state index contributed by atoms with van der Waals surface area (Å²) >= 11 is 6.09. The van der Waals surface area contributed by atoms with E-state index in [4.69, 9.17) is 11.6 Å². The van der Waals surface area contributed by atoms with Crippen LogP contribution in [0.15, 0.2) is 6.07 Å². The van der Waals surface area contributed by atoms with Gasteiger partial charge < -0.3 is 4.90 Å². The molecule has 0 bridgehead atoms. The fraction of sp³-hybridized carbons (Fsp3) is 0.667. The van der Waals surface area contributed by atoms with Crippen molar-refractivity contribution in [2.45, 2.75) is 53.5 Å². The number of anilines is 1. The maximum atomic E-state index is 6.09. The minimum atomic E-state index is 0.206. The number of aryl methyl sites for hydroxylation is 2. The summed E-state index contributed by atoms with van der Waals surface area (Å²) < 4.78 is 0. The first-order valence-electron chi connectivity index (χ1n) is 6.44. The molecule has 1 heterocycles. The Morgan fingerprint density at radius 2 is 1.89 bits per heavy atom. The van der Waals surface area contributed by atoms with Crippen LogP contribution in [0.4, 0.5) is 5.82 Å². The van der Waals surface area contributed by atoms with Gasteiger partial charge in [0.15, 0.2) is 0 Å². The molecular weight excluding hydrogens is 244 g/mol. The van der Waals surface area contributed by atoms with Crippen LogP contribution >= 0.6 is 11.6 Å². The molecule has 0 radical (unpaired) electrons. The molecule has 1 rings (SSSR count). The summed E-state index contributed by atoms with van der Waals surface area (Å²) in [7, 11) is 2.10. The molecule has 0 aliphatic heterocycles. The molecular formula is C15H25ClN2. The maximum absolute atomic E-state index is 6.09. The molecule has 18 heavy (non-hydrogen) atoms. The van der Waals surface area contributed by atoms with E-state index in [1.165, 1.54) is 5.56 Å². The van der Waals surface area contributed by atoms with Gasteiger partial charge in [0.05, 0.1) is 5.88 Å². The van der Waals surface area contributed by atoms with Gasteiger partial charge in [-0.25, -0.2) is 4.98 Å². The molecule has 102 valence electrons. The zero-order valence-electron chi connectivity index (χ0n) is 12.6. The van der Waals surface area contributed by atoms with Crippen LogP contribution in [0.25, 0.3) is 0 Å². The predicted octanol–water partition coefficient (Wildman–Crippen LogP) is 4.31. The fourth-order valence-corrected chi connectivity index (χ4v) is 2.40. The van der Waals surface area contributed by atoms with Crippen molar-refractivity contribution in [2.24, 2.45) is 5.41 Å². The Morgan fingerprint density at radius 1 is 1.33 bits per heavy atom. The number of halogens is 1. The van der Waals surface area contributed by atoms with E-state index in [9.17, 15) is 0 Å². The SMILES string of the molecule is Cc1cc(C)c(CCl)c(N(C)C(C)C(C)(C)C)n1. The lowest BCUT2D eigenvalue weighted by atomic mass is 9.87. The quantitative estimate of drug-likeness (QED) is 0.760. The molecule has 0 aliphatic rings. The average molecular weight is 269 g/mol. The van der Waals surface area contributed by atoms with Crippen LogP contribution in [0.3, 0.4) is 0 Å². The van der Waals surface area contributed by atoms with E-state index < -0.39 is 0 Å². The molecule has 1 atom stereocenters. The fourth-order valence-electron chi connectivity index (χ4n) is 2.06. The number of hydrogen-bond donors (Lipinski definition) is 0. The number of rotatable bonds is 3. The van der Waals surface area contributed by atoms with E-state index in [1.54, 1.807) is 0 Å². The third kappa shape index (κ3) is 3.17. The lowest BCUT2D eigenvalue weighted by Crippen LogP contribution is -2.40. The summed E-state index contributed by atoms with van der Waals surface area (Å²) in [5.74, 6) is 1.53. The molecule has 3 heteroatoms. The van der Waals surface area contributed by atoms with Crippen molar-refractivity contribution in [1.29, 1.82) is 0 Å². The van der Waals surface area contributed by atoms with Crippen LogP contribution in [-0.2, 0) is 5.88 Å². The van der Waals surface area contributed by atoms with Crippen molar-refractivity contribution in [3.8, 4) is 0 Å². The zero-order valence-corrected chi connectivity index (χ0v) is 13.4. The molecule has 0 spiro atoms. The number of pyridine rings is 1. The second-order valence-corrected chi connectivity index (χ2v) is 6.44. The van der Waals surface area contributed by atoms with Gasteiger partial charge in [0.2, 0.25) is 0 Å². The number of alkyl halides is 1. The highest BCUT2D eigenvalue weighted by atomic mass is 35.5. The van der Waals surface area contributed by atoms with Gasteiger partial charge in [-0.05, 0) is 37.8 Å². The van der Waals surface area contributed by atoms with Gasteiger partial charge in [0.25, 0.3) is 0 Å². The van der Waals surface area contributed by atoms with Crippen LogP contribution in [0.2, 0.25) is 0 Å². The molecule has 0 amide bonds. The smallest absolute Gasteiger partial charge is 0.133 e. The first-order valence-corrected chi connectivity index (χ1v) is 6.97.